The van der Waals surface area contributed by atoms with Crippen LogP contribution in [0.15, 0.2) is 0 Å². The molecule has 23 heavy (non-hydrogen) atoms. The van der Waals surface area contributed by atoms with Gasteiger partial charge in [0.25, 0.3) is 0 Å². The maximum Gasteiger partial charge on any atom is 0.409 e. The van der Waals surface area contributed by atoms with Gasteiger partial charge in [-0.1, -0.05) is 90.9 Å². The summed E-state index contributed by atoms with van der Waals surface area (Å²) in [7, 11) is -3.93. The molecule has 138 valence electrons. The quantitative estimate of drug-likeness (QED) is 0.462. The van der Waals surface area contributed by atoms with Crippen molar-refractivity contribution >= 4 is 10.4 Å². The summed E-state index contributed by atoms with van der Waals surface area (Å²) in [6.45, 7) is 4.22. The van der Waals surface area contributed by atoms with Crippen LogP contribution in [0.2, 0.25) is 0 Å². The van der Waals surface area contributed by atoms with Crippen LogP contribution < -0.4 is 0 Å². The molecule has 1 unspecified atom stereocenters. The van der Waals surface area contributed by atoms with Gasteiger partial charge in [0, 0.05) is 6.42 Å². The van der Waals surface area contributed by atoms with Gasteiger partial charge in [-0.3, -0.25) is 0 Å². The van der Waals surface area contributed by atoms with Crippen molar-refractivity contribution in [3.8, 4) is 0 Å². The smallest absolute Gasteiger partial charge is 0.342 e. The van der Waals surface area contributed by atoms with Crippen LogP contribution in [0.5, 0.6) is 0 Å². The maximum atomic E-state index is 10.7. The maximum absolute atomic E-state index is 10.7. The molecule has 0 aromatic carbocycles. The van der Waals surface area contributed by atoms with Crippen molar-refractivity contribution in [1.29, 1.82) is 0 Å². The van der Waals surface area contributed by atoms with Crippen LogP contribution >= 0.6 is 0 Å². The molecule has 1 N–H and O–H groups in total. The van der Waals surface area contributed by atoms with Gasteiger partial charge in [-0.2, -0.15) is 16.8 Å². The van der Waals surface area contributed by atoms with Crippen LogP contribution in [0.25, 0.3) is 0 Å². The molecule has 0 radical (unpaired) electrons. The first kappa shape index (κ1) is 20.9. The molecular weight excluding hydrogens is 316 g/mol. The van der Waals surface area contributed by atoms with Gasteiger partial charge in [-0.25, -0.2) is 0 Å². The molecule has 0 bridgehead atoms. The lowest BCUT2D eigenvalue weighted by molar-refractivity contribution is -0.333. The standard InChI is InChI=1S/C17H34O5S/c1-3-4-5-6-7-8-9-10-11-12-13-14-16(2)15-17(18)21-23(19,20)22-17/h16,18H,3-15H2,1-2H3. The number of rotatable bonds is 14. The average Bonchev–Trinajstić information content (AvgIpc) is 2.42. The topological polar surface area (TPSA) is 72.8 Å². The summed E-state index contributed by atoms with van der Waals surface area (Å²) in [4.78, 5) is 0. The highest BCUT2D eigenvalue weighted by Gasteiger charge is 2.51. The third-order valence-electron chi connectivity index (χ3n) is 4.37. The first-order valence-electron chi connectivity index (χ1n) is 9.25. The number of unbranched alkanes of at least 4 members (excludes halogenated alkanes) is 10. The van der Waals surface area contributed by atoms with Crippen LogP contribution in [0.4, 0.5) is 0 Å². The van der Waals surface area contributed by atoms with E-state index in [4.69, 9.17) is 0 Å². The average molecular weight is 351 g/mol. The zero-order chi connectivity index (χ0) is 17.2. The number of aliphatic hydroxyl groups is 1. The molecule has 1 aliphatic rings. The minimum atomic E-state index is -3.93. The second-order valence-corrected chi connectivity index (χ2v) is 8.07. The summed E-state index contributed by atoms with van der Waals surface area (Å²) in [6, 6.07) is 0. The van der Waals surface area contributed by atoms with Crippen LogP contribution in [0.1, 0.15) is 97.3 Å². The molecule has 1 atom stereocenters. The fourth-order valence-electron chi connectivity index (χ4n) is 3.09. The Morgan fingerprint density at radius 1 is 0.870 bits per heavy atom. The molecule has 0 aliphatic carbocycles. The lowest BCUT2D eigenvalue weighted by atomic mass is 9.98. The minimum absolute atomic E-state index is 0.175. The van der Waals surface area contributed by atoms with Gasteiger partial charge in [-0.05, 0) is 5.92 Å². The van der Waals surface area contributed by atoms with Crippen LogP contribution in [0, 0.1) is 5.92 Å². The SMILES string of the molecule is CCCCCCCCCCCCCC(C)CC1(O)OS(=O)(=O)O1. The Labute approximate surface area is 142 Å². The predicted octanol–water partition coefficient (Wildman–Crippen LogP) is 4.65. The molecule has 1 fully saturated rings. The molecule has 5 nitrogen and oxygen atoms in total. The van der Waals surface area contributed by atoms with Crippen molar-refractivity contribution in [2.45, 2.75) is 103 Å². The van der Waals surface area contributed by atoms with E-state index in [-0.39, 0.29) is 12.3 Å². The predicted molar refractivity (Wildman–Crippen MR) is 90.9 cm³/mol. The Bertz CT molecular complexity index is 395. The molecule has 0 aromatic rings. The Morgan fingerprint density at radius 2 is 1.30 bits per heavy atom. The fraction of sp³-hybridized carbons (Fsp3) is 1.00. The van der Waals surface area contributed by atoms with Crippen molar-refractivity contribution < 1.29 is 21.9 Å². The first-order valence-corrected chi connectivity index (χ1v) is 10.6. The van der Waals surface area contributed by atoms with Gasteiger partial charge in [0.05, 0.1) is 0 Å². The monoisotopic (exact) mass is 350 g/mol. The fourth-order valence-corrected chi connectivity index (χ4v) is 3.88. The third kappa shape index (κ3) is 9.65. The molecule has 0 spiro atoms. The molecule has 0 amide bonds. The minimum Gasteiger partial charge on any atom is -0.342 e. The molecule has 1 heterocycles. The summed E-state index contributed by atoms with van der Waals surface area (Å²) in [6.07, 6.45) is 15.5. The van der Waals surface area contributed by atoms with E-state index in [1.54, 1.807) is 0 Å². The lowest BCUT2D eigenvalue weighted by Crippen LogP contribution is -2.51. The Balaban J connectivity index is 1.87. The van der Waals surface area contributed by atoms with E-state index in [9.17, 15) is 13.5 Å². The van der Waals surface area contributed by atoms with E-state index in [2.05, 4.69) is 15.3 Å². The normalized spacial score (nSPS) is 20.1. The zero-order valence-electron chi connectivity index (χ0n) is 14.8. The van der Waals surface area contributed by atoms with E-state index < -0.39 is 16.4 Å². The van der Waals surface area contributed by atoms with Gasteiger partial charge in [0.2, 0.25) is 0 Å². The summed E-state index contributed by atoms with van der Waals surface area (Å²) in [5.74, 6) is -1.75. The van der Waals surface area contributed by atoms with Gasteiger partial charge in [0.15, 0.2) is 0 Å². The van der Waals surface area contributed by atoms with Crippen LogP contribution in [-0.2, 0) is 18.8 Å². The molecule has 6 heteroatoms. The molecular formula is C17H34O5S. The van der Waals surface area contributed by atoms with Gasteiger partial charge in [0.1, 0.15) is 0 Å². The largest absolute Gasteiger partial charge is 0.409 e. The number of hydrogen-bond donors (Lipinski definition) is 1. The van der Waals surface area contributed by atoms with Crippen molar-refractivity contribution in [2.75, 3.05) is 0 Å². The third-order valence-corrected chi connectivity index (χ3v) is 5.30. The number of hydrogen-bond acceptors (Lipinski definition) is 5. The van der Waals surface area contributed by atoms with E-state index in [0.717, 1.165) is 12.8 Å². The first-order chi connectivity index (χ1) is 10.9. The van der Waals surface area contributed by atoms with Gasteiger partial charge in [-0.15, -0.1) is 0 Å². The summed E-state index contributed by atoms with van der Waals surface area (Å²) in [5, 5.41) is 9.67. The molecule has 0 saturated carbocycles. The highest BCUT2D eigenvalue weighted by atomic mass is 32.3. The Kier molecular flexibility index (Phi) is 9.66. The second-order valence-electron chi connectivity index (χ2n) is 6.92. The van der Waals surface area contributed by atoms with Crippen molar-refractivity contribution in [3.63, 3.8) is 0 Å². The van der Waals surface area contributed by atoms with E-state index >= 15 is 0 Å². The van der Waals surface area contributed by atoms with Crippen molar-refractivity contribution in [3.05, 3.63) is 0 Å². The highest BCUT2D eigenvalue weighted by Crippen LogP contribution is 2.35. The van der Waals surface area contributed by atoms with Crippen molar-refractivity contribution in [1.82, 2.24) is 0 Å². The Hall–Kier alpha value is -0.170. The Morgan fingerprint density at radius 3 is 1.74 bits per heavy atom. The van der Waals surface area contributed by atoms with E-state index in [0.29, 0.717) is 0 Å². The van der Waals surface area contributed by atoms with Gasteiger partial charge >= 0.3 is 16.4 Å². The molecule has 1 saturated heterocycles. The highest BCUT2D eigenvalue weighted by molar-refractivity contribution is 7.82. The summed E-state index contributed by atoms with van der Waals surface area (Å²) < 4.78 is 30.3. The van der Waals surface area contributed by atoms with E-state index in [1.807, 2.05) is 6.92 Å². The molecule has 0 aromatic heterocycles. The van der Waals surface area contributed by atoms with E-state index in [1.165, 1.54) is 64.2 Å². The summed E-state index contributed by atoms with van der Waals surface area (Å²) in [5.41, 5.74) is 0. The molecule has 1 rings (SSSR count). The zero-order valence-corrected chi connectivity index (χ0v) is 15.6. The summed E-state index contributed by atoms with van der Waals surface area (Å²) >= 11 is 0. The second kappa shape index (κ2) is 10.6. The van der Waals surface area contributed by atoms with Gasteiger partial charge < -0.3 is 5.11 Å². The van der Waals surface area contributed by atoms with Crippen molar-refractivity contribution in [2.24, 2.45) is 5.92 Å². The lowest BCUT2D eigenvalue weighted by Gasteiger charge is -2.35. The molecule has 1 aliphatic heterocycles. The van der Waals surface area contributed by atoms with Crippen LogP contribution in [0.3, 0.4) is 0 Å². The van der Waals surface area contributed by atoms with Crippen LogP contribution in [-0.4, -0.2) is 19.5 Å².